The molecule has 0 aliphatic heterocycles. The Hall–Kier alpha value is -0.0400. The lowest BCUT2D eigenvalue weighted by atomic mass is 9.82. The molecule has 72 valence electrons. The van der Waals surface area contributed by atoms with E-state index in [2.05, 4.69) is 13.8 Å². The van der Waals surface area contributed by atoms with E-state index in [9.17, 15) is 5.11 Å². The second-order valence-corrected chi connectivity index (χ2v) is 4.59. The van der Waals surface area contributed by atoms with Crippen molar-refractivity contribution in [1.29, 1.82) is 0 Å². The molecule has 1 aliphatic carbocycles. The van der Waals surface area contributed by atoms with E-state index in [4.69, 9.17) is 0 Å². The third kappa shape index (κ3) is 3.14. The standard InChI is InChI=1S/C11H22O/c1-9(2)8-11(12)10-6-4-3-5-7-10/h9-12H,3-8H2,1-2H3/t11-/m1/s1. The molecule has 0 aromatic carbocycles. The summed E-state index contributed by atoms with van der Waals surface area (Å²) in [4.78, 5) is 0. The van der Waals surface area contributed by atoms with Gasteiger partial charge in [-0.15, -0.1) is 0 Å². The van der Waals surface area contributed by atoms with Crippen molar-refractivity contribution in [2.75, 3.05) is 0 Å². The summed E-state index contributed by atoms with van der Waals surface area (Å²) < 4.78 is 0. The van der Waals surface area contributed by atoms with E-state index in [1.54, 1.807) is 0 Å². The van der Waals surface area contributed by atoms with Gasteiger partial charge in [-0.05, 0) is 31.1 Å². The van der Waals surface area contributed by atoms with Crippen LogP contribution in [0.3, 0.4) is 0 Å². The van der Waals surface area contributed by atoms with Gasteiger partial charge in [-0.3, -0.25) is 0 Å². The molecular weight excluding hydrogens is 148 g/mol. The van der Waals surface area contributed by atoms with Crippen LogP contribution in [0.2, 0.25) is 0 Å². The number of aliphatic hydroxyl groups excluding tert-OH is 1. The summed E-state index contributed by atoms with van der Waals surface area (Å²) in [7, 11) is 0. The zero-order chi connectivity index (χ0) is 8.97. The Morgan fingerprint density at radius 2 is 1.75 bits per heavy atom. The van der Waals surface area contributed by atoms with Crippen molar-refractivity contribution in [1.82, 2.24) is 0 Å². The quantitative estimate of drug-likeness (QED) is 0.690. The lowest BCUT2D eigenvalue weighted by Gasteiger charge is -2.27. The van der Waals surface area contributed by atoms with Gasteiger partial charge in [0.15, 0.2) is 0 Å². The minimum absolute atomic E-state index is 0.0229. The minimum atomic E-state index is -0.0229. The average molecular weight is 170 g/mol. The SMILES string of the molecule is CC(C)C[C@@H](O)C1CCCCC1. The largest absolute Gasteiger partial charge is 0.393 e. The van der Waals surface area contributed by atoms with Crippen LogP contribution in [0.15, 0.2) is 0 Å². The first-order valence-electron chi connectivity index (χ1n) is 5.38. The monoisotopic (exact) mass is 170 g/mol. The second kappa shape index (κ2) is 4.86. The molecular formula is C11H22O. The molecule has 1 aliphatic rings. The molecule has 0 spiro atoms. The highest BCUT2D eigenvalue weighted by molar-refractivity contribution is 4.73. The van der Waals surface area contributed by atoms with Crippen molar-refractivity contribution in [3.05, 3.63) is 0 Å². The van der Waals surface area contributed by atoms with Crippen molar-refractivity contribution < 1.29 is 5.11 Å². The van der Waals surface area contributed by atoms with E-state index in [1.807, 2.05) is 0 Å². The van der Waals surface area contributed by atoms with Crippen LogP contribution < -0.4 is 0 Å². The van der Waals surface area contributed by atoms with Crippen LogP contribution >= 0.6 is 0 Å². The molecule has 0 aromatic heterocycles. The van der Waals surface area contributed by atoms with Gasteiger partial charge >= 0.3 is 0 Å². The number of hydrogen-bond acceptors (Lipinski definition) is 1. The van der Waals surface area contributed by atoms with E-state index in [-0.39, 0.29) is 6.10 Å². The van der Waals surface area contributed by atoms with Crippen LogP contribution in [0.5, 0.6) is 0 Å². The average Bonchev–Trinajstić information content (AvgIpc) is 2.05. The van der Waals surface area contributed by atoms with E-state index < -0.39 is 0 Å². The maximum Gasteiger partial charge on any atom is 0.0570 e. The normalized spacial score (nSPS) is 23.0. The molecule has 1 heteroatoms. The first-order valence-corrected chi connectivity index (χ1v) is 5.38. The zero-order valence-electron chi connectivity index (χ0n) is 8.42. The third-order valence-electron chi connectivity index (χ3n) is 2.91. The summed E-state index contributed by atoms with van der Waals surface area (Å²) >= 11 is 0. The van der Waals surface area contributed by atoms with Crippen LogP contribution in [-0.4, -0.2) is 11.2 Å². The fourth-order valence-corrected chi connectivity index (χ4v) is 2.19. The smallest absolute Gasteiger partial charge is 0.0570 e. The number of aliphatic hydroxyl groups is 1. The van der Waals surface area contributed by atoms with Crippen molar-refractivity contribution >= 4 is 0 Å². The summed E-state index contributed by atoms with van der Waals surface area (Å²) in [5, 5.41) is 9.84. The molecule has 1 atom stereocenters. The first kappa shape index (κ1) is 10.0. The lowest BCUT2D eigenvalue weighted by Crippen LogP contribution is -2.24. The topological polar surface area (TPSA) is 20.2 Å². The Morgan fingerprint density at radius 1 is 1.17 bits per heavy atom. The molecule has 0 heterocycles. The van der Waals surface area contributed by atoms with Gasteiger partial charge in [0.2, 0.25) is 0 Å². The molecule has 1 N–H and O–H groups in total. The molecule has 0 bridgehead atoms. The lowest BCUT2D eigenvalue weighted by molar-refractivity contribution is 0.0665. The molecule has 1 nitrogen and oxygen atoms in total. The van der Waals surface area contributed by atoms with Crippen LogP contribution in [0.1, 0.15) is 52.4 Å². The fraction of sp³-hybridized carbons (Fsp3) is 1.00. The molecule has 0 radical (unpaired) electrons. The summed E-state index contributed by atoms with van der Waals surface area (Å²) in [6.07, 6.45) is 7.53. The zero-order valence-corrected chi connectivity index (χ0v) is 8.42. The van der Waals surface area contributed by atoms with Gasteiger partial charge in [-0.2, -0.15) is 0 Å². The van der Waals surface area contributed by atoms with E-state index >= 15 is 0 Å². The Morgan fingerprint density at radius 3 is 2.25 bits per heavy atom. The van der Waals surface area contributed by atoms with E-state index in [1.165, 1.54) is 32.1 Å². The molecule has 0 aromatic rings. The van der Waals surface area contributed by atoms with Crippen molar-refractivity contribution in [2.45, 2.75) is 58.5 Å². The minimum Gasteiger partial charge on any atom is -0.393 e. The third-order valence-corrected chi connectivity index (χ3v) is 2.91. The highest BCUT2D eigenvalue weighted by Gasteiger charge is 2.21. The molecule has 1 rings (SSSR count). The molecule has 0 saturated heterocycles. The summed E-state index contributed by atoms with van der Waals surface area (Å²) in [6.45, 7) is 4.37. The van der Waals surface area contributed by atoms with Crippen molar-refractivity contribution in [3.63, 3.8) is 0 Å². The Kier molecular flexibility index (Phi) is 4.07. The van der Waals surface area contributed by atoms with Gasteiger partial charge in [0.1, 0.15) is 0 Å². The van der Waals surface area contributed by atoms with Gasteiger partial charge in [-0.1, -0.05) is 33.1 Å². The summed E-state index contributed by atoms with van der Waals surface area (Å²) in [6, 6.07) is 0. The molecule has 0 unspecified atom stereocenters. The summed E-state index contributed by atoms with van der Waals surface area (Å²) in [5.74, 6) is 1.25. The molecule has 0 amide bonds. The first-order chi connectivity index (χ1) is 5.70. The van der Waals surface area contributed by atoms with Gasteiger partial charge in [-0.25, -0.2) is 0 Å². The fourth-order valence-electron chi connectivity index (χ4n) is 2.19. The van der Waals surface area contributed by atoms with Crippen molar-refractivity contribution in [3.8, 4) is 0 Å². The van der Waals surface area contributed by atoms with Crippen LogP contribution in [-0.2, 0) is 0 Å². The van der Waals surface area contributed by atoms with Gasteiger partial charge < -0.3 is 5.11 Å². The highest BCUT2D eigenvalue weighted by Crippen LogP contribution is 2.28. The maximum atomic E-state index is 9.84. The Balaban J connectivity index is 2.24. The van der Waals surface area contributed by atoms with Crippen LogP contribution in [0.4, 0.5) is 0 Å². The maximum absolute atomic E-state index is 9.84. The number of rotatable bonds is 3. The van der Waals surface area contributed by atoms with E-state index in [0.29, 0.717) is 11.8 Å². The predicted molar refractivity (Wildman–Crippen MR) is 52.0 cm³/mol. The van der Waals surface area contributed by atoms with E-state index in [0.717, 1.165) is 6.42 Å². The number of hydrogen-bond donors (Lipinski definition) is 1. The predicted octanol–water partition coefficient (Wildman–Crippen LogP) is 2.97. The van der Waals surface area contributed by atoms with Crippen molar-refractivity contribution in [2.24, 2.45) is 11.8 Å². The molecule has 1 saturated carbocycles. The van der Waals surface area contributed by atoms with Crippen LogP contribution in [0, 0.1) is 11.8 Å². The van der Waals surface area contributed by atoms with Gasteiger partial charge in [0.05, 0.1) is 6.10 Å². The Bertz CT molecular complexity index is 114. The summed E-state index contributed by atoms with van der Waals surface area (Å²) in [5.41, 5.74) is 0. The molecule has 1 fully saturated rings. The Labute approximate surface area is 76.2 Å². The second-order valence-electron chi connectivity index (χ2n) is 4.59. The molecule has 12 heavy (non-hydrogen) atoms. The van der Waals surface area contributed by atoms with Gasteiger partial charge in [0.25, 0.3) is 0 Å². The van der Waals surface area contributed by atoms with Crippen LogP contribution in [0.25, 0.3) is 0 Å². The highest BCUT2D eigenvalue weighted by atomic mass is 16.3. The van der Waals surface area contributed by atoms with Gasteiger partial charge in [0, 0.05) is 0 Å².